The lowest BCUT2D eigenvalue weighted by Gasteiger charge is -2.12. The molecule has 2 nitrogen and oxygen atoms in total. The Morgan fingerprint density at radius 2 is 1.80 bits per heavy atom. The van der Waals surface area contributed by atoms with E-state index < -0.39 is 17.7 Å². The van der Waals surface area contributed by atoms with Gasteiger partial charge < -0.3 is 9.84 Å². The Morgan fingerprint density at radius 1 is 1.10 bits per heavy atom. The van der Waals surface area contributed by atoms with Crippen molar-refractivity contribution in [3.63, 3.8) is 0 Å². The Bertz CT molecular complexity index is 567. The molecule has 2 aromatic rings. The lowest BCUT2D eigenvalue weighted by Crippen LogP contribution is -2.03. The van der Waals surface area contributed by atoms with Crippen LogP contribution >= 0.6 is 0 Å². The average molecular weight is 278 g/mol. The molecule has 0 radical (unpaired) electrons. The van der Waals surface area contributed by atoms with Crippen molar-refractivity contribution in [3.05, 3.63) is 65.2 Å². The number of methoxy groups -OCH3 is 1. The minimum Gasteiger partial charge on any atom is -0.497 e. The maximum absolute atomic E-state index is 13.5. The zero-order chi connectivity index (χ0) is 14.5. The molecule has 0 spiro atoms. The summed E-state index contributed by atoms with van der Waals surface area (Å²) in [6.07, 6.45) is -0.124. The van der Waals surface area contributed by atoms with Gasteiger partial charge in [0.05, 0.1) is 13.2 Å². The van der Waals surface area contributed by atoms with Gasteiger partial charge in [0.15, 0.2) is 0 Å². The zero-order valence-electron chi connectivity index (χ0n) is 11.1. The summed E-state index contributed by atoms with van der Waals surface area (Å²) in [5.41, 5.74) is 1.00. The molecule has 0 amide bonds. The summed E-state index contributed by atoms with van der Waals surface area (Å²) in [5, 5.41) is 9.96. The van der Waals surface area contributed by atoms with Gasteiger partial charge in [0.1, 0.15) is 17.4 Å². The summed E-state index contributed by atoms with van der Waals surface area (Å²) in [7, 11) is 1.59. The summed E-state index contributed by atoms with van der Waals surface area (Å²) >= 11 is 0. The summed E-state index contributed by atoms with van der Waals surface area (Å²) in [6, 6.07) is 10.5. The fraction of sp³-hybridized carbons (Fsp3) is 0.250. The van der Waals surface area contributed by atoms with Crippen LogP contribution in [0.1, 0.15) is 23.7 Å². The Balaban J connectivity index is 2.00. The Hall–Kier alpha value is -1.94. The maximum atomic E-state index is 13.5. The normalized spacial score (nSPS) is 12.2. The first kappa shape index (κ1) is 14.5. The monoisotopic (exact) mass is 278 g/mol. The topological polar surface area (TPSA) is 29.5 Å². The molecule has 0 aromatic heterocycles. The molecule has 0 bridgehead atoms. The summed E-state index contributed by atoms with van der Waals surface area (Å²) in [5.74, 6) is -0.385. The first-order valence-corrected chi connectivity index (χ1v) is 6.36. The van der Waals surface area contributed by atoms with Gasteiger partial charge in [-0.1, -0.05) is 12.1 Å². The average Bonchev–Trinajstić information content (AvgIpc) is 2.47. The van der Waals surface area contributed by atoms with Gasteiger partial charge in [0, 0.05) is 5.56 Å². The lowest BCUT2D eigenvalue weighted by atomic mass is 10.0. The number of hydrogen-bond donors (Lipinski definition) is 1. The molecule has 0 saturated heterocycles. The highest BCUT2D eigenvalue weighted by atomic mass is 19.1. The van der Waals surface area contributed by atoms with E-state index in [0.717, 1.165) is 29.5 Å². The van der Waals surface area contributed by atoms with E-state index in [-0.39, 0.29) is 5.56 Å². The van der Waals surface area contributed by atoms with Crippen LogP contribution in [0.3, 0.4) is 0 Å². The molecule has 0 aliphatic heterocycles. The Morgan fingerprint density at radius 3 is 2.45 bits per heavy atom. The zero-order valence-corrected chi connectivity index (χ0v) is 11.1. The molecule has 2 aromatic carbocycles. The highest BCUT2D eigenvalue weighted by Crippen LogP contribution is 2.23. The van der Waals surface area contributed by atoms with Crippen LogP contribution < -0.4 is 4.74 Å². The number of aliphatic hydroxyl groups excluding tert-OH is 1. The number of aliphatic hydroxyl groups is 1. The van der Waals surface area contributed by atoms with Crippen molar-refractivity contribution in [3.8, 4) is 5.75 Å². The smallest absolute Gasteiger partial charge is 0.129 e. The summed E-state index contributed by atoms with van der Waals surface area (Å²) < 4.78 is 31.6. The van der Waals surface area contributed by atoms with Gasteiger partial charge in [-0.3, -0.25) is 0 Å². The van der Waals surface area contributed by atoms with Crippen molar-refractivity contribution in [2.75, 3.05) is 7.11 Å². The molecule has 0 heterocycles. The largest absolute Gasteiger partial charge is 0.497 e. The molecule has 1 unspecified atom stereocenters. The number of hydrogen-bond acceptors (Lipinski definition) is 2. The third-order valence-corrected chi connectivity index (χ3v) is 3.18. The Labute approximate surface area is 116 Å². The van der Waals surface area contributed by atoms with E-state index in [1.807, 2.05) is 24.3 Å². The number of aryl methyl sites for hydroxylation is 1. The van der Waals surface area contributed by atoms with Crippen LogP contribution in [0.25, 0.3) is 0 Å². The second-order valence-corrected chi connectivity index (χ2v) is 4.57. The van der Waals surface area contributed by atoms with Crippen LogP contribution in [0.2, 0.25) is 0 Å². The van der Waals surface area contributed by atoms with Crippen molar-refractivity contribution in [2.45, 2.75) is 18.9 Å². The van der Waals surface area contributed by atoms with Crippen LogP contribution in [-0.2, 0) is 6.42 Å². The first-order chi connectivity index (χ1) is 9.60. The van der Waals surface area contributed by atoms with Crippen molar-refractivity contribution in [1.29, 1.82) is 0 Å². The van der Waals surface area contributed by atoms with Gasteiger partial charge in [-0.2, -0.15) is 0 Å². The second kappa shape index (κ2) is 6.48. The molecular formula is C16H16F2O2. The van der Waals surface area contributed by atoms with E-state index in [4.69, 9.17) is 4.74 Å². The molecule has 0 saturated carbocycles. The molecule has 20 heavy (non-hydrogen) atoms. The highest BCUT2D eigenvalue weighted by Gasteiger charge is 2.13. The molecule has 0 aliphatic rings. The van der Waals surface area contributed by atoms with Gasteiger partial charge in [-0.05, 0) is 48.7 Å². The number of ether oxygens (including phenoxy) is 1. The fourth-order valence-corrected chi connectivity index (χ4v) is 2.02. The molecule has 0 fully saturated rings. The summed E-state index contributed by atoms with van der Waals surface area (Å²) in [6.45, 7) is 0. The minimum absolute atomic E-state index is 0.00138. The summed E-state index contributed by atoms with van der Waals surface area (Å²) in [4.78, 5) is 0. The van der Waals surface area contributed by atoms with E-state index in [1.165, 1.54) is 0 Å². The van der Waals surface area contributed by atoms with Crippen molar-refractivity contribution in [2.24, 2.45) is 0 Å². The predicted octanol–water partition coefficient (Wildman–Crippen LogP) is 3.64. The highest BCUT2D eigenvalue weighted by molar-refractivity contribution is 5.27. The van der Waals surface area contributed by atoms with Crippen LogP contribution in [0.5, 0.6) is 5.75 Å². The van der Waals surface area contributed by atoms with E-state index in [0.29, 0.717) is 12.8 Å². The third kappa shape index (κ3) is 3.54. The molecule has 1 atom stereocenters. The molecular weight excluding hydrogens is 262 g/mol. The van der Waals surface area contributed by atoms with E-state index in [9.17, 15) is 13.9 Å². The van der Waals surface area contributed by atoms with Crippen LogP contribution in [0.15, 0.2) is 42.5 Å². The van der Waals surface area contributed by atoms with Gasteiger partial charge in [-0.15, -0.1) is 0 Å². The molecule has 1 N–H and O–H groups in total. The lowest BCUT2D eigenvalue weighted by molar-refractivity contribution is 0.162. The predicted molar refractivity (Wildman–Crippen MR) is 72.6 cm³/mol. The van der Waals surface area contributed by atoms with Crippen LogP contribution in [0, 0.1) is 11.6 Å². The van der Waals surface area contributed by atoms with E-state index in [2.05, 4.69) is 0 Å². The van der Waals surface area contributed by atoms with Gasteiger partial charge in [-0.25, -0.2) is 8.78 Å². The van der Waals surface area contributed by atoms with Crippen LogP contribution in [0.4, 0.5) is 8.78 Å². The molecule has 0 aliphatic carbocycles. The molecule has 2 rings (SSSR count). The molecule has 106 valence electrons. The second-order valence-electron chi connectivity index (χ2n) is 4.57. The van der Waals surface area contributed by atoms with E-state index >= 15 is 0 Å². The third-order valence-electron chi connectivity index (χ3n) is 3.18. The quantitative estimate of drug-likeness (QED) is 0.904. The van der Waals surface area contributed by atoms with Gasteiger partial charge >= 0.3 is 0 Å². The minimum atomic E-state index is -1.02. The van der Waals surface area contributed by atoms with Crippen molar-refractivity contribution >= 4 is 0 Å². The fourth-order valence-electron chi connectivity index (χ4n) is 2.02. The van der Waals surface area contributed by atoms with E-state index in [1.54, 1.807) is 7.11 Å². The SMILES string of the molecule is COc1ccc(CCC(O)c2cc(F)ccc2F)cc1. The number of halogens is 2. The van der Waals surface area contributed by atoms with Crippen molar-refractivity contribution in [1.82, 2.24) is 0 Å². The van der Waals surface area contributed by atoms with Gasteiger partial charge in [0.25, 0.3) is 0 Å². The number of benzene rings is 2. The van der Waals surface area contributed by atoms with Crippen LogP contribution in [-0.4, -0.2) is 12.2 Å². The standard InChI is InChI=1S/C16H16F2O2/c1-20-13-6-2-11(3-7-13)4-9-16(19)14-10-12(17)5-8-15(14)18/h2-3,5-8,10,16,19H,4,9H2,1H3. The maximum Gasteiger partial charge on any atom is 0.129 e. The Kier molecular flexibility index (Phi) is 4.69. The first-order valence-electron chi connectivity index (χ1n) is 6.36. The molecule has 4 heteroatoms. The van der Waals surface area contributed by atoms with Gasteiger partial charge in [0.2, 0.25) is 0 Å². The number of rotatable bonds is 5. The van der Waals surface area contributed by atoms with Crippen molar-refractivity contribution < 1.29 is 18.6 Å².